The molecule has 100 valence electrons. The van der Waals surface area contributed by atoms with Gasteiger partial charge in [0.2, 0.25) is 0 Å². The van der Waals surface area contributed by atoms with Crippen LogP contribution in [0.15, 0.2) is 5.38 Å². The van der Waals surface area contributed by atoms with Crippen molar-refractivity contribution in [3.63, 3.8) is 0 Å². The van der Waals surface area contributed by atoms with E-state index >= 15 is 0 Å². The highest BCUT2D eigenvalue weighted by atomic mass is 32.1. The zero-order valence-corrected chi connectivity index (χ0v) is 12.0. The summed E-state index contributed by atoms with van der Waals surface area (Å²) in [6.45, 7) is 2.39. The summed E-state index contributed by atoms with van der Waals surface area (Å²) in [6.07, 6.45) is 7.03. The van der Waals surface area contributed by atoms with Gasteiger partial charge in [-0.25, -0.2) is 4.98 Å². The van der Waals surface area contributed by atoms with Crippen LogP contribution in [0.5, 0.6) is 0 Å². The molecule has 0 spiro atoms. The second-order valence-corrected chi connectivity index (χ2v) is 7.01. The van der Waals surface area contributed by atoms with E-state index in [0.29, 0.717) is 5.13 Å². The molecule has 3 atom stereocenters. The first kappa shape index (κ1) is 12.4. The molecule has 2 fully saturated rings. The molecule has 0 radical (unpaired) electrons. The van der Waals surface area contributed by atoms with Crippen LogP contribution < -0.4 is 5.73 Å². The smallest absolute Gasteiger partial charge is 0.180 e. The maximum absolute atomic E-state index is 5.65. The summed E-state index contributed by atoms with van der Waals surface area (Å²) in [5, 5.41) is 2.78. The Morgan fingerprint density at radius 1 is 1.44 bits per heavy atom. The van der Waals surface area contributed by atoms with Gasteiger partial charge in [0.05, 0.1) is 5.69 Å². The van der Waals surface area contributed by atoms with Crippen LogP contribution in [0.2, 0.25) is 0 Å². The van der Waals surface area contributed by atoms with Crippen molar-refractivity contribution >= 4 is 16.5 Å². The van der Waals surface area contributed by atoms with E-state index in [1.165, 1.54) is 32.2 Å². The van der Waals surface area contributed by atoms with E-state index in [9.17, 15) is 0 Å². The first-order valence-electron chi connectivity index (χ1n) is 7.09. The lowest BCUT2D eigenvalue weighted by Gasteiger charge is -2.27. The summed E-state index contributed by atoms with van der Waals surface area (Å²) in [6, 6.07) is 0. The minimum atomic E-state index is 0.695. The van der Waals surface area contributed by atoms with Crippen molar-refractivity contribution in [3.8, 4) is 0 Å². The summed E-state index contributed by atoms with van der Waals surface area (Å²) in [5.74, 6) is 3.06. The van der Waals surface area contributed by atoms with E-state index < -0.39 is 0 Å². The molecule has 2 saturated carbocycles. The predicted molar refractivity (Wildman–Crippen MR) is 76.7 cm³/mol. The number of likely N-dealkylation sites (N-methyl/N-ethyl adjacent to an activating group) is 1. The maximum atomic E-state index is 5.65. The molecule has 0 aliphatic heterocycles. The minimum Gasteiger partial charge on any atom is -0.375 e. The SMILES string of the molecule is CN(CCc1csc(N)n1)CC1CC2CCC1C2. The predicted octanol–water partition coefficient (Wildman–Crippen LogP) is 2.64. The van der Waals surface area contributed by atoms with Gasteiger partial charge in [0.15, 0.2) is 5.13 Å². The first-order chi connectivity index (χ1) is 8.70. The van der Waals surface area contributed by atoms with Crippen molar-refractivity contribution in [1.29, 1.82) is 0 Å². The van der Waals surface area contributed by atoms with Crippen molar-refractivity contribution in [2.75, 3.05) is 25.9 Å². The lowest BCUT2D eigenvalue weighted by molar-refractivity contribution is 0.221. The molecular weight excluding hydrogens is 242 g/mol. The van der Waals surface area contributed by atoms with E-state index in [2.05, 4.69) is 22.3 Å². The molecule has 3 unspecified atom stereocenters. The van der Waals surface area contributed by atoms with E-state index in [4.69, 9.17) is 5.73 Å². The highest BCUT2D eigenvalue weighted by Gasteiger charge is 2.39. The molecule has 0 amide bonds. The summed E-state index contributed by atoms with van der Waals surface area (Å²) in [5.41, 5.74) is 6.80. The molecular formula is C14H23N3S. The Bertz CT molecular complexity index is 403. The monoisotopic (exact) mass is 265 g/mol. The Morgan fingerprint density at radius 3 is 2.94 bits per heavy atom. The molecule has 2 bridgehead atoms. The molecule has 3 rings (SSSR count). The highest BCUT2D eigenvalue weighted by molar-refractivity contribution is 7.13. The fourth-order valence-corrected chi connectivity index (χ4v) is 4.43. The van der Waals surface area contributed by atoms with E-state index in [1.54, 1.807) is 11.3 Å². The first-order valence-corrected chi connectivity index (χ1v) is 7.97. The third-order valence-corrected chi connectivity index (χ3v) is 5.47. The van der Waals surface area contributed by atoms with E-state index in [0.717, 1.165) is 36.4 Å². The lowest BCUT2D eigenvalue weighted by atomic mass is 9.88. The van der Waals surface area contributed by atoms with Crippen LogP contribution in [-0.4, -0.2) is 30.0 Å². The van der Waals surface area contributed by atoms with Crippen molar-refractivity contribution in [3.05, 3.63) is 11.1 Å². The average Bonchev–Trinajstić information content (AvgIpc) is 3.03. The Kier molecular flexibility index (Phi) is 3.57. The second kappa shape index (κ2) is 5.17. The number of anilines is 1. The summed E-state index contributed by atoms with van der Waals surface area (Å²) < 4.78 is 0. The van der Waals surface area contributed by atoms with Gasteiger partial charge >= 0.3 is 0 Å². The third-order valence-electron chi connectivity index (χ3n) is 4.75. The molecule has 18 heavy (non-hydrogen) atoms. The number of rotatable bonds is 5. The number of hydrogen-bond donors (Lipinski definition) is 1. The fourth-order valence-electron chi connectivity index (χ4n) is 3.83. The minimum absolute atomic E-state index is 0.695. The quantitative estimate of drug-likeness (QED) is 0.890. The van der Waals surface area contributed by atoms with Gasteiger partial charge in [-0.3, -0.25) is 0 Å². The van der Waals surface area contributed by atoms with E-state index in [1.807, 2.05) is 0 Å². The normalized spacial score (nSPS) is 30.4. The van der Waals surface area contributed by atoms with Crippen LogP contribution in [-0.2, 0) is 6.42 Å². The number of nitrogen functional groups attached to an aromatic ring is 1. The Morgan fingerprint density at radius 2 is 2.33 bits per heavy atom. The zero-order valence-electron chi connectivity index (χ0n) is 11.1. The van der Waals surface area contributed by atoms with Gasteiger partial charge in [-0.05, 0) is 44.1 Å². The van der Waals surface area contributed by atoms with Gasteiger partial charge in [0.1, 0.15) is 0 Å². The molecule has 2 N–H and O–H groups in total. The molecule has 0 aromatic carbocycles. The van der Waals surface area contributed by atoms with Crippen LogP contribution in [0.4, 0.5) is 5.13 Å². The molecule has 4 heteroatoms. The standard InChI is InChI=1S/C14H23N3S/c1-17(5-4-13-9-18-14(15)16-13)8-12-7-10-2-3-11(12)6-10/h9-12H,2-8H2,1H3,(H2,15,16). The summed E-state index contributed by atoms with van der Waals surface area (Å²) in [7, 11) is 2.25. The maximum Gasteiger partial charge on any atom is 0.180 e. The lowest BCUT2D eigenvalue weighted by Crippen LogP contribution is -2.30. The van der Waals surface area contributed by atoms with Gasteiger partial charge in [0.25, 0.3) is 0 Å². The van der Waals surface area contributed by atoms with Gasteiger partial charge in [0, 0.05) is 24.9 Å². The Hall–Kier alpha value is -0.610. The molecule has 2 aliphatic rings. The summed E-state index contributed by atoms with van der Waals surface area (Å²) in [4.78, 5) is 6.81. The Labute approximate surface area is 113 Å². The van der Waals surface area contributed by atoms with Crippen LogP contribution in [0.1, 0.15) is 31.4 Å². The van der Waals surface area contributed by atoms with Crippen LogP contribution in [0.25, 0.3) is 0 Å². The number of fused-ring (bicyclic) bond motifs is 2. The van der Waals surface area contributed by atoms with Crippen LogP contribution in [0.3, 0.4) is 0 Å². The molecule has 1 aromatic rings. The number of nitrogens with zero attached hydrogens (tertiary/aromatic N) is 2. The number of hydrogen-bond acceptors (Lipinski definition) is 4. The average molecular weight is 265 g/mol. The van der Waals surface area contributed by atoms with Crippen molar-refractivity contribution in [2.45, 2.75) is 32.1 Å². The largest absolute Gasteiger partial charge is 0.375 e. The van der Waals surface area contributed by atoms with Crippen molar-refractivity contribution in [2.24, 2.45) is 17.8 Å². The van der Waals surface area contributed by atoms with Crippen LogP contribution >= 0.6 is 11.3 Å². The molecule has 1 aromatic heterocycles. The Balaban J connectivity index is 1.43. The number of thiazole rings is 1. The fraction of sp³-hybridized carbons (Fsp3) is 0.786. The molecule has 3 nitrogen and oxygen atoms in total. The number of aromatic nitrogens is 1. The molecule has 2 aliphatic carbocycles. The van der Waals surface area contributed by atoms with Crippen LogP contribution in [0, 0.1) is 17.8 Å². The van der Waals surface area contributed by atoms with Gasteiger partial charge < -0.3 is 10.6 Å². The van der Waals surface area contributed by atoms with Crippen molar-refractivity contribution in [1.82, 2.24) is 9.88 Å². The van der Waals surface area contributed by atoms with E-state index in [-0.39, 0.29) is 0 Å². The van der Waals surface area contributed by atoms with Crippen molar-refractivity contribution < 1.29 is 0 Å². The zero-order chi connectivity index (χ0) is 12.5. The third kappa shape index (κ3) is 2.69. The molecule has 1 heterocycles. The summed E-state index contributed by atoms with van der Waals surface area (Å²) >= 11 is 1.55. The topological polar surface area (TPSA) is 42.1 Å². The highest BCUT2D eigenvalue weighted by Crippen LogP contribution is 2.48. The van der Waals surface area contributed by atoms with Gasteiger partial charge in [-0.1, -0.05) is 6.42 Å². The van der Waals surface area contributed by atoms with Gasteiger partial charge in [-0.2, -0.15) is 0 Å². The van der Waals surface area contributed by atoms with Gasteiger partial charge in [-0.15, -0.1) is 11.3 Å². The molecule has 0 saturated heterocycles. The number of nitrogens with two attached hydrogens (primary N) is 1. The second-order valence-electron chi connectivity index (χ2n) is 6.12.